The fourth-order valence-corrected chi connectivity index (χ4v) is 3.09. The summed E-state index contributed by atoms with van der Waals surface area (Å²) in [6.07, 6.45) is 5.46. The first-order valence-electron chi connectivity index (χ1n) is 8.95. The largest absolute Gasteiger partial charge is 0.494 e. The van der Waals surface area contributed by atoms with Crippen LogP contribution in [0.15, 0.2) is 55.0 Å². The van der Waals surface area contributed by atoms with Crippen molar-refractivity contribution >= 4 is 16.5 Å². The minimum Gasteiger partial charge on any atom is -0.494 e. The number of aromatic nitrogens is 4. The molecule has 4 rings (SSSR count). The molecule has 0 radical (unpaired) electrons. The van der Waals surface area contributed by atoms with E-state index in [1.165, 1.54) is 0 Å². The van der Waals surface area contributed by atoms with E-state index in [1.54, 1.807) is 17.0 Å². The third-order valence-electron chi connectivity index (χ3n) is 4.67. The summed E-state index contributed by atoms with van der Waals surface area (Å²) >= 11 is 0. The van der Waals surface area contributed by atoms with Crippen LogP contribution in [0.1, 0.15) is 32.0 Å². The van der Waals surface area contributed by atoms with Gasteiger partial charge in [0.1, 0.15) is 0 Å². The molecule has 4 aromatic rings. The van der Waals surface area contributed by atoms with Crippen LogP contribution in [0.2, 0.25) is 0 Å². The molecule has 3 heterocycles. The summed E-state index contributed by atoms with van der Waals surface area (Å²) in [4.78, 5) is 4.04. The fraction of sp³-hybridized carbons (Fsp3) is 0.238. The summed E-state index contributed by atoms with van der Waals surface area (Å²) in [5.74, 6) is 0.850. The second-order valence-electron chi connectivity index (χ2n) is 7.69. The first-order valence-corrected chi connectivity index (χ1v) is 8.95. The van der Waals surface area contributed by atoms with Gasteiger partial charge in [-0.15, -0.1) is 0 Å². The van der Waals surface area contributed by atoms with Crippen molar-refractivity contribution in [3.8, 4) is 11.7 Å². The summed E-state index contributed by atoms with van der Waals surface area (Å²) in [6.45, 7) is 7.02. The van der Waals surface area contributed by atoms with Gasteiger partial charge in [0.2, 0.25) is 5.88 Å². The number of pyridine rings is 1. The summed E-state index contributed by atoms with van der Waals surface area (Å²) in [5.41, 5.74) is 2.99. The minimum absolute atomic E-state index is 0.0370. The third-order valence-corrected chi connectivity index (χ3v) is 4.67. The molecule has 0 amide bonds. The average molecular weight is 361 g/mol. The Balaban J connectivity index is 1.71. The van der Waals surface area contributed by atoms with Gasteiger partial charge in [0.25, 0.3) is 0 Å². The number of nitrogens with zero attached hydrogens (tertiary/aromatic N) is 3. The van der Waals surface area contributed by atoms with E-state index in [2.05, 4.69) is 41.3 Å². The monoisotopic (exact) mass is 361 g/mol. The topological polar surface area (TPSA) is 78.8 Å². The van der Waals surface area contributed by atoms with E-state index in [0.29, 0.717) is 12.4 Å². The van der Waals surface area contributed by atoms with Crippen LogP contribution in [0.4, 0.5) is 5.69 Å². The number of H-pyrrole nitrogens is 1. The molecule has 0 aliphatic rings. The van der Waals surface area contributed by atoms with Gasteiger partial charge in [0.15, 0.2) is 5.82 Å². The summed E-state index contributed by atoms with van der Waals surface area (Å²) in [5, 5.41) is 23.5. The van der Waals surface area contributed by atoms with Crippen molar-refractivity contribution in [2.75, 3.05) is 5.32 Å². The van der Waals surface area contributed by atoms with E-state index < -0.39 is 0 Å². The van der Waals surface area contributed by atoms with Gasteiger partial charge in [0.05, 0.1) is 5.39 Å². The molecule has 0 atom stereocenters. The lowest BCUT2D eigenvalue weighted by atomic mass is 9.92. The Bertz CT molecular complexity index is 1070. The maximum Gasteiger partial charge on any atom is 0.207 e. The molecule has 6 heteroatoms. The van der Waals surface area contributed by atoms with Gasteiger partial charge in [-0.1, -0.05) is 32.9 Å². The van der Waals surface area contributed by atoms with Crippen LogP contribution in [-0.2, 0) is 12.0 Å². The number of fused-ring (bicyclic) bond motifs is 1. The lowest BCUT2D eigenvalue weighted by Gasteiger charge is -2.14. The molecule has 0 bridgehead atoms. The average Bonchev–Trinajstić information content (AvgIpc) is 3.26. The van der Waals surface area contributed by atoms with Gasteiger partial charge in [-0.25, -0.2) is 0 Å². The van der Waals surface area contributed by atoms with Crippen LogP contribution < -0.4 is 5.32 Å². The van der Waals surface area contributed by atoms with E-state index in [-0.39, 0.29) is 11.3 Å². The van der Waals surface area contributed by atoms with Crippen molar-refractivity contribution in [1.82, 2.24) is 19.7 Å². The molecule has 3 aromatic heterocycles. The molecule has 0 saturated carbocycles. The molecule has 3 N–H and O–H groups in total. The molecule has 0 fully saturated rings. The smallest absolute Gasteiger partial charge is 0.207 e. The van der Waals surface area contributed by atoms with Gasteiger partial charge < -0.3 is 10.4 Å². The van der Waals surface area contributed by atoms with Crippen molar-refractivity contribution in [2.45, 2.75) is 32.7 Å². The maximum absolute atomic E-state index is 10.9. The van der Waals surface area contributed by atoms with Crippen LogP contribution >= 0.6 is 0 Å². The van der Waals surface area contributed by atoms with Gasteiger partial charge in [0, 0.05) is 53.4 Å². The lowest BCUT2D eigenvalue weighted by Crippen LogP contribution is -2.11. The van der Waals surface area contributed by atoms with Crippen molar-refractivity contribution in [3.05, 3.63) is 66.2 Å². The highest BCUT2D eigenvalue weighted by molar-refractivity contribution is 5.99. The summed E-state index contributed by atoms with van der Waals surface area (Å²) in [6, 6.07) is 11.8. The van der Waals surface area contributed by atoms with Crippen LogP contribution in [-0.4, -0.2) is 24.9 Å². The Kier molecular flexibility index (Phi) is 4.11. The first-order chi connectivity index (χ1) is 12.9. The molecular weight excluding hydrogens is 338 g/mol. The molecular formula is C21H23N5O. The third kappa shape index (κ3) is 3.26. The molecule has 27 heavy (non-hydrogen) atoms. The molecule has 138 valence electrons. The number of nitrogens with one attached hydrogen (secondary N) is 2. The normalized spacial score (nSPS) is 11.8. The Morgan fingerprint density at radius 3 is 2.63 bits per heavy atom. The highest BCUT2D eigenvalue weighted by atomic mass is 16.3. The second kappa shape index (κ2) is 6.46. The second-order valence-corrected chi connectivity index (χ2v) is 7.69. The molecule has 0 saturated heterocycles. The number of benzene rings is 1. The van der Waals surface area contributed by atoms with Crippen molar-refractivity contribution in [1.29, 1.82) is 0 Å². The van der Waals surface area contributed by atoms with Crippen molar-refractivity contribution in [3.63, 3.8) is 0 Å². The van der Waals surface area contributed by atoms with Gasteiger partial charge >= 0.3 is 0 Å². The number of rotatable bonds is 4. The maximum atomic E-state index is 10.9. The Labute approximate surface area is 157 Å². The lowest BCUT2D eigenvalue weighted by molar-refractivity contribution is 0.447. The van der Waals surface area contributed by atoms with Crippen LogP contribution in [0, 0.1) is 0 Å². The minimum atomic E-state index is -0.0370. The Morgan fingerprint density at radius 2 is 1.93 bits per heavy atom. The Hall–Kier alpha value is -3.28. The number of aromatic amines is 1. The molecule has 0 aliphatic carbocycles. The molecule has 0 spiro atoms. The predicted molar refractivity (Wildman–Crippen MR) is 107 cm³/mol. The zero-order valence-electron chi connectivity index (χ0n) is 15.7. The fourth-order valence-electron chi connectivity index (χ4n) is 3.09. The standard InChI is InChI=1S/C21H23N5O/c1-21(2,3)17-11-18(25-24-17)26-13-15-5-4-6-16(19(15)20(26)27)23-12-14-7-9-22-10-8-14/h4-11,13,23,27H,12H2,1-3H3,(H,24,25). The van der Waals surface area contributed by atoms with Crippen LogP contribution in [0.5, 0.6) is 5.88 Å². The molecule has 6 nitrogen and oxygen atoms in total. The molecule has 1 aromatic carbocycles. The summed E-state index contributed by atoms with van der Waals surface area (Å²) in [7, 11) is 0. The van der Waals surface area contributed by atoms with E-state index in [4.69, 9.17) is 0 Å². The SMILES string of the molecule is CC(C)(C)c1cc(-n2cc3cccc(NCc4ccncc4)c3c2O)n[nH]1. The van der Waals surface area contributed by atoms with Gasteiger partial charge in [-0.05, 0) is 23.8 Å². The van der Waals surface area contributed by atoms with E-state index in [1.807, 2.05) is 42.6 Å². The van der Waals surface area contributed by atoms with Crippen LogP contribution in [0.25, 0.3) is 16.6 Å². The van der Waals surface area contributed by atoms with Gasteiger partial charge in [-0.3, -0.25) is 14.6 Å². The number of anilines is 1. The predicted octanol–water partition coefficient (Wildman–Crippen LogP) is 4.36. The van der Waals surface area contributed by atoms with Crippen molar-refractivity contribution < 1.29 is 5.11 Å². The van der Waals surface area contributed by atoms with Crippen molar-refractivity contribution in [2.24, 2.45) is 0 Å². The highest BCUT2D eigenvalue weighted by Crippen LogP contribution is 2.36. The summed E-state index contributed by atoms with van der Waals surface area (Å²) < 4.78 is 1.72. The quantitative estimate of drug-likeness (QED) is 0.504. The highest BCUT2D eigenvalue weighted by Gasteiger charge is 2.20. The number of hydrogen-bond acceptors (Lipinski definition) is 4. The van der Waals surface area contributed by atoms with E-state index >= 15 is 0 Å². The Morgan fingerprint density at radius 1 is 1.15 bits per heavy atom. The number of aromatic hydroxyl groups is 1. The first kappa shape index (κ1) is 17.1. The zero-order chi connectivity index (χ0) is 19.0. The molecule has 0 unspecified atom stereocenters. The van der Waals surface area contributed by atoms with Gasteiger partial charge in [-0.2, -0.15) is 5.10 Å². The number of hydrogen-bond donors (Lipinski definition) is 3. The van der Waals surface area contributed by atoms with Crippen LogP contribution in [0.3, 0.4) is 0 Å². The molecule has 0 aliphatic heterocycles. The van der Waals surface area contributed by atoms with E-state index in [9.17, 15) is 5.11 Å². The zero-order valence-corrected chi connectivity index (χ0v) is 15.7. The van der Waals surface area contributed by atoms with E-state index in [0.717, 1.165) is 27.7 Å².